The van der Waals surface area contributed by atoms with Gasteiger partial charge in [0.15, 0.2) is 11.5 Å². The number of hydrogen-bond donors (Lipinski definition) is 2. The highest BCUT2D eigenvalue weighted by Crippen LogP contribution is 2.34. The van der Waals surface area contributed by atoms with Crippen LogP contribution in [0.4, 0.5) is 10.5 Å². The summed E-state index contributed by atoms with van der Waals surface area (Å²) in [6.07, 6.45) is 1.13. The van der Waals surface area contributed by atoms with Crippen molar-refractivity contribution in [2.24, 2.45) is 0 Å². The predicted octanol–water partition coefficient (Wildman–Crippen LogP) is 0.857. The van der Waals surface area contributed by atoms with Crippen LogP contribution in [0.5, 0.6) is 11.5 Å². The van der Waals surface area contributed by atoms with E-state index in [0.29, 0.717) is 36.8 Å². The maximum Gasteiger partial charge on any atom is 0.319 e. The normalized spacial score (nSPS) is 25.9. The number of fused-ring (bicyclic) bond motifs is 2. The predicted molar refractivity (Wildman–Crippen MR) is 102 cm³/mol. The number of ether oxygens (including phenoxy) is 3. The minimum atomic E-state index is -0.246. The molecule has 0 radical (unpaired) electrons. The van der Waals surface area contributed by atoms with Gasteiger partial charge in [-0.15, -0.1) is 0 Å². The number of nitrogens with zero attached hydrogens (tertiary/aromatic N) is 2. The van der Waals surface area contributed by atoms with Crippen molar-refractivity contribution >= 4 is 17.6 Å². The molecule has 9 nitrogen and oxygen atoms in total. The molecule has 1 aromatic rings. The Morgan fingerprint density at radius 3 is 2.86 bits per heavy atom. The first-order valence-corrected chi connectivity index (χ1v) is 9.51. The van der Waals surface area contributed by atoms with Gasteiger partial charge in [0, 0.05) is 51.0 Å². The quantitative estimate of drug-likeness (QED) is 0.792. The van der Waals surface area contributed by atoms with Crippen molar-refractivity contribution < 1.29 is 23.8 Å². The summed E-state index contributed by atoms with van der Waals surface area (Å²) in [6.45, 7) is 2.27. The number of urea groups is 1. The Labute approximate surface area is 163 Å². The largest absolute Gasteiger partial charge is 0.454 e. The van der Waals surface area contributed by atoms with Crippen LogP contribution in [-0.2, 0) is 9.53 Å². The number of amides is 3. The molecule has 2 fully saturated rings. The van der Waals surface area contributed by atoms with Crippen molar-refractivity contribution in [3.8, 4) is 11.5 Å². The summed E-state index contributed by atoms with van der Waals surface area (Å²) in [4.78, 5) is 28.2. The maximum atomic E-state index is 12.4. The Hall–Kier alpha value is -2.52. The molecule has 3 aliphatic heterocycles. The Morgan fingerprint density at radius 2 is 2.04 bits per heavy atom. The second-order valence-corrected chi connectivity index (χ2v) is 7.65. The molecule has 0 aliphatic carbocycles. The van der Waals surface area contributed by atoms with E-state index in [4.69, 9.17) is 14.2 Å². The Morgan fingerprint density at radius 1 is 1.21 bits per heavy atom. The lowest BCUT2D eigenvalue weighted by Crippen LogP contribution is -2.47. The fraction of sp³-hybridized carbons (Fsp3) is 0.579. The molecule has 3 heterocycles. The molecule has 4 rings (SSSR count). The first-order chi connectivity index (χ1) is 13.5. The van der Waals surface area contributed by atoms with Crippen LogP contribution < -0.4 is 20.1 Å². The van der Waals surface area contributed by atoms with Crippen molar-refractivity contribution in [3.63, 3.8) is 0 Å². The zero-order chi connectivity index (χ0) is 19.7. The SMILES string of the molecule is CN(C)C(=O)C[C@H]1CN2C[C@@H](NC(=O)Nc3ccc4c(c3)OCO4)C[C@H]2CO1. The summed E-state index contributed by atoms with van der Waals surface area (Å²) in [7, 11) is 3.51. The van der Waals surface area contributed by atoms with Gasteiger partial charge in [-0.2, -0.15) is 0 Å². The smallest absolute Gasteiger partial charge is 0.319 e. The second kappa shape index (κ2) is 7.84. The summed E-state index contributed by atoms with van der Waals surface area (Å²) < 4.78 is 16.5. The first kappa shape index (κ1) is 18.8. The van der Waals surface area contributed by atoms with E-state index in [2.05, 4.69) is 15.5 Å². The van der Waals surface area contributed by atoms with E-state index in [9.17, 15) is 9.59 Å². The third kappa shape index (κ3) is 4.15. The van der Waals surface area contributed by atoms with Crippen LogP contribution >= 0.6 is 0 Å². The van der Waals surface area contributed by atoms with Gasteiger partial charge in [-0.25, -0.2) is 4.79 Å². The zero-order valence-electron chi connectivity index (χ0n) is 16.1. The summed E-state index contributed by atoms with van der Waals surface area (Å²) in [5, 5.41) is 5.87. The summed E-state index contributed by atoms with van der Waals surface area (Å²) in [5.41, 5.74) is 0.656. The van der Waals surface area contributed by atoms with Crippen molar-refractivity contribution in [1.82, 2.24) is 15.1 Å². The van der Waals surface area contributed by atoms with Gasteiger partial charge in [0.25, 0.3) is 0 Å². The number of nitrogens with one attached hydrogen (secondary N) is 2. The molecular formula is C19H26N4O5. The molecule has 0 spiro atoms. The van der Waals surface area contributed by atoms with Crippen LogP contribution in [0.3, 0.4) is 0 Å². The molecule has 3 aliphatic rings. The van der Waals surface area contributed by atoms with Crippen molar-refractivity contribution in [3.05, 3.63) is 18.2 Å². The maximum absolute atomic E-state index is 12.4. The van der Waals surface area contributed by atoms with Crippen LogP contribution in [0.25, 0.3) is 0 Å². The Balaban J connectivity index is 1.26. The number of carbonyl (C=O) groups excluding carboxylic acids is 2. The third-order valence-corrected chi connectivity index (χ3v) is 5.36. The number of morpholine rings is 1. The van der Waals surface area contributed by atoms with Crippen LogP contribution in [0.15, 0.2) is 18.2 Å². The molecule has 2 saturated heterocycles. The highest BCUT2D eigenvalue weighted by molar-refractivity contribution is 5.90. The lowest BCUT2D eigenvalue weighted by Gasteiger charge is -2.35. The molecule has 0 unspecified atom stereocenters. The number of benzene rings is 1. The first-order valence-electron chi connectivity index (χ1n) is 9.51. The molecule has 3 amide bonds. The standard InChI is InChI=1S/C19H26N4O5/c1-22(2)18(24)7-15-9-23-8-13(5-14(23)10-26-15)21-19(25)20-12-3-4-16-17(6-12)28-11-27-16/h3-4,6,13-15H,5,7-11H2,1-2H3,(H2,20,21,25)/t13-,14-,15-/m0/s1. The molecule has 3 atom stereocenters. The molecule has 28 heavy (non-hydrogen) atoms. The fourth-order valence-electron chi connectivity index (χ4n) is 3.87. The molecule has 2 N–H and O–H groups in total. The monoisotopic (exact) mass is 390 g/mol. The molecule has 0 bridgehead atoms. The summed E-state index contributed by atoms with van der Waals surface area (Å²) >= 11 is 0. The second-order valence-electron chi connectivity index (χ2n) is 7.65. The van der Waals surface area contributed by atoms with E-state index >= 15 is 0 Å². The number of hydrogen-bond acceptors (Lipinski definition) is 6. The minimum absolute atomic E-state index is 0.0471. The van der Waals surface area contributed by atoms with Gasteiger partial charge in [-0.05, 0) is 18.6 Å². The van der Waals surface area contributed by atoms with E-state index in [1.54, 1.807) is 37.2 Å². The number of anilines is 1. The lowest BCUT2D eigenvalue weighted by molar-refractivity contribution is -0.134. The summed E-state index contributed by atoms with van der Waals surface area (Å²) in [5.74, 6) is 1.38. The Kier molecular flexibility index (Phi) is 5.27. The lowest BCUT2D eigenvalue weighted by atomic mass is 10.1. The average molecular weight is 390 g/mol. The van der Waals surface area contributed by atoms with Crippen LogP contribution in [0.1, 0.15) is 12.8 Å². The molecule has 9 heteroatoms. The average Bonchev–Trinajstić information content (AvgIpc) is 3.26. The highest BCUT2D eigenvalue weighted by Gasteiger charge is 2.38. The van der Waals surface area contributed by atoms with Crippen molar-refractivity contribution in [2.75, 3.05) is 45.9 Å². The third-order valence-electron chi connectivity index (χ3n) is 5.36. The fourth-order valence-corrected chi connectivity index (χ4v) is 3.87. The molecule has 0 saturated carbocycles. The topological polar surface area (TPSA) is 92.4 Å². The molecule has 0 aromatic heterocycles. The van der Waals surface area contributed by atoms with Gasteiger partial charge in [-0.3, -0.25) is 9.69 Å². The van der Waals surface area contributed by atoms with E-state index in [0.717, 1.165) is 13.0 Å². The van der Waals surface area contributed by atoms with Gasteiger partial charge in [0.1, 0.15) is 0 Å². The van der Waals surface area contributed by atoms with Crippen LogP contribution in [0.2, 0.25) is 0 Å². The van der Waals surface area contributed by atoms with E-state index < -0.39 is 0 Å². The molecule has 152 valence electrons. The van der Waals surface area contributed by atoms with E-state index in [-0.39, 0.29) is 36.9 Å². The van der Waals surface area contributed by atoms with E-state index in [1.165, 1.54) is 0 Å². The van der Waals surface area contributed by atoms with Gasteiger partial charge in [0.05, 0.1) is 19.1 Å². The molecule has 1 aromatic carbocycles. The molecular weight excluding hydrogens is 364 g/mol. The van der Waals surface area contributed by atoms with Crippen molar-refractivity contribution in [2.45, 2.75) is 31.0 Å². The van der Waals surface area contributed by atoms with Gasteiger partial charge >= 0.3 is 6.03 Å². The van der Waals surface area contributed by atoms with Crippen LogP contribution in [-0.4, -0.2) is 80.5 Å². The number of carbonyl (C=O) groups is 2. The minimum Gasteiger partial charge on any atom is -0.454 e. The van der Waals surface area contributed by atoms with Crippen LogP contribution in [0, 0.1) is 0 Å². The summed E-state index contributed by atoms with van der Waals surface area (Å²) in [6, 6.07) is 5.39. The van der Waals surface area contributed by atoms with Gasteiger partial charge in [0.2, 0.25) is 12.7 Å². The highest BCUT2D eigenvalue weighted by atomic mass is 16.7. The van der Waals surface area contributed by atoms with Crippen molar-refractivity contribution in [1.29, 1.82) is 0 Å². The number of rotatable bonds is 4. The van der Waals surface area contributed by atoms with Gasteiger partial charge < -0.3 is 29.7 Å². The zero-order valence-corrected chi connectivity index (χ0v) is 16.1. The van der Waals surface area contributed by atoms with E-state index in [1.807, 2.05) is 0 Å². The van der Waals surface area contributed by atoms with Gasteiger partial charge in [-0.1, -0.05) is 0 Å². The Bertz CT molecular complexity index is 756.